The fraction of sp³-hybridized carbons (Fsp3) is 0.818. The van der Waals surface area contributed by atoms with Crippen LogP contribution in [0, 0.1) is 5.92 Å². The third-order valence-corrected chi connectivity index (χ3v) is 3.08. The minimum absolute atomic E-state index is 0.102. The number of hydrogen-bond donors (Lipinski definition) is 1. The first-order valence-electron chi connectivity index (χ1n) is 5.66. The van der Waals surface area contributed by atoms with Crippen molar-refractivity contribution in [3.63, 3.8) is 0 Å². The van der Waals surface area contributed by atoms with E-state index < -0.39 is 6.18 Å². The summed E-state index contributed by atoms with van der Waals surface area (Å²) in [6, 6.07) is 0. The van der Waals surface area contributed by atoms with Crippen LogP contribution in [0.5, 0.6) is 0 Å². The Bertz CT molecular complexity index is 244. The first-order valence-corrected chi connectivity index (χ1v) is 5.66. The van der Waals surface area contributed by atoms with Crippen LogP contribution in [0.3, 0.4) is 0 Å². The molecule has 1 heterocycles. The van der Waals surface area contributed by atoms with Crippen LogP contribution < -0.4 is 5.73 Å². The Morgan fingerprint density at radius 2 is 2.19 bits per heavy atom. The second kappa shape index (κ2) is 5.68. The third-order valence-electron chi connectivity index (χ3n) is 3.08. The maximum absolute atomic E-state index is 12.4. The van der Waals surface area contributed by atoms with E-state index in [2.05, 4.69) is 6.92 Å². The molecule has 94 valence electrons. The van der Waals surface area contributed by atoms with Crippen molar-refractivity contribution in [1.29, 1.82) is 0 Å². The van der Waals surface area contributed by atoms with Gasteiger partial charge in [0, 0.05) is 25.2 Å². The number of hydrogen-bond acceptors (Lipinski definition) is 2. The van der Waals surface area contributed by atoms with Gasteiger partial charge in [0.05, 0.1) is 0 Å². The number of nitrogens with zero attached hydrogens (tertiary/aromatic N) is 1. The predicted molar refractivity (Wildman–Crippen MR) is 58.0 cm³/mol. The standard InChI is InChI=1S/C11H19F3N2/c1-2-9(7-15)8-16-5-3-10(4-6-16)11(12,13)14/h3,9H,2,4-8,15H2,1H3. The molecule has 0 spiro atoms. The van der Waals surface area contributed by atoms with Crippen molar-refractivity contribution < 1.29 is 13.2 Å². The Hall–Kier alpha value is -0.550. The van der Waals surface area contributed by atoms with Crippen molar-refractivity contribution in [2.75, 3.05) is 26.2 Å². The Labute approximate surface area is 94.3 Å². The van der Waals surface area contributed by atoms with Crippen LogP contribution in [0.2, 0.25) is 0 Å². The molecule has 0 fully saturated rings. The third kappa shape index (κ3) is 3.79. The van der Waals surface area contributed by atoms with Gasteiger partial charge >= 0.3 is 6.18 Å². The van der Waals surface area contributed by atoms with Gasteiger partial charge in [0.2, 0.25) is 0 Å². The Morgan fingerprint density at radius 1 is 1.50 bits per heavy atom. The van der Waals surface area contributed by atoms with Gasteiger partial charge in [-0.1, -0.05) is 19.4 Å². The lowest BCUT2D eigenvalue weighted by molar-refractivity contribution is -0.0961. The van der Waals surface area contributed by atoms with E-state index in [9.17, 15) is 13.2 Å². The molecule has 0 aromatic rings. The molecule has 0 aromatic carbocycles. The highest BCUT2D eigenvalue weighted by molar-refractivity contribution is 5.13. The molecule has 0 radical (unpaired) electrons. The summed E-state index contributed by atoms with van der Waals surface area (Å²) in [6.07, 6.45) is -1.77. The molecule has 1 unspecified atom stereocenters. The van der Waals surface area contributed by atoms with Crippen LogP contribution in [0.1, 0.15) is 19.8 Å². The second-order valence-electron chi connectivity index (χ2n) is 4.25. The van der Waals surface area contributed by atoms with E-state index >= 15 is 0 Å². The summed E-state index contributed by atoms with van der Waals surface area (Å²) in [7, 11) is 0. The zero-order chi connectivity index (χ0) is 12.2. The van der Waals surface area contributed by atoms with Crippen LogP contribution >= 0.6 is 0 Å². The fourth-order valence-electron chi connectivity index (χ4n) is 1.87. The highest BCUT2D eigenvalue weighted by atomic mass is 19.4. The molecule has 5 heteroatoms. The van der Waals surface area contributed by atoms with Crippen LogP contribution in [0.4, 0.5) is 13.2 Å². The molecular weight excluding hydrogens is 217 g/mol. The molecule has 1 rings (SSSR count). The van der Waals surface area contributed by atoms with Crippen molar-refractivity contribution in [1.82, 2.24) is 4.90 Å². The lowest BCUT2D eigenvalue weighted by Crippen LogP contribution is -2.37. The van der Waals surface area contributed by atoms with Gasteiger partial charge in [0.25, 0.3) is 0 Å². The average Bonchev–Trinajstić information content (AvgIpc) is 2.25. The number of halogens is 3. The molecule has 1 aliphatic heterocycles. The second-order valence-corrected chi connectivity index (χ2v) is 4.25. The quantitative estimate of drug-likeness (QED) is 0.758. The van der Waals surface area contributed by atoms with Crippen molar-refractivity contribution in [3.05, 3.63) is 11.6 Å². The molecule has 0 saturated carbocycles. The summed E-state index contributed by atoms with van der Waals surface area (Å²) in [5.41, 5.74) is 5.19. The lowest BCUT2D eigenvalue weighted by Gasteiger charge is -2.29. The van der Waals surface area contributed by atoms with Gasteiger partial charge in [-0.2, -0.15) is 13.2 Å². The lowest BCUT2D eigenvalue weighted by atomic mass is 10.0. The average molecular weight is 236 g/mol. The van der Waals surface area contributed by atoms with E-state index in [-0.39, 0.29) is 12.0 Å². The molecule has 16 heavy (non-hydrogen) atoms. The summed E-state index contributed by atoms with van der Waals surface area (Å²) in [5, 5.41) is 0. The van der Waals surface area contributed by atoms with Crippen molar-refractivity contribution in [3.8, 4) is 0 Å². The molecule has 2 nitrogen and oxygen atoms in total. The molecule has 0 aromatic heterocycles. The summed E-state index contributed by atoms with van der Waals surface area (Å²) >= 11 is 0. The van der Waals surface area contributed by atoms with Crippen molar-refractivity contribution in [2.45, 2.75) is 25.9 Å². The summed E-state index contributed by atoms with van der Waals surface area (Å²) in [6.45, 7) is 4.34. The Morgan fingerprint density at radius 3 is 2.56 bits per heavy atom. The summed E-state index contributed by atoms with van der Waals surface area (Å²) < 4.78 is 37.1. The van der Waals surface area contributed by atoms with Gasteiger partial charge in [-0.15, -0.1) is 0 Å². The molecule has 0 saturated heterocycles. The molecular formula is C11H19F3N2. The minimum atomic E-state index is -4.15. The normalized spacial score (nSPS) is 20.7. The van der Waals surface area contributed by atoms with E-state index in [1.807, 2.05) is 4.90 Å². The van der Waals surface area contributed by atoms with E-state index in [1.54, 1.807) is 0 Å². The van der Waals surface area contributed by atoms with Crippen LogP contribution in [0.25, 0.3) is 0 Å². The van der Waals surface area contributed by atoms with Crippen LogP contribution in [0.15, 0.2) is 11.6 Å². The van der Waals surface area contributed by atoms with Gasteiger partial charge in [-0.25, -0.2) is 0 Å². The maximum atomic E-state index is 12.4. The first-order chi connectivity index (χ1) is 7.47. The van der Waals surface area contributed by atoms with E-state index in [0.717, 1.165) is 13.0 Å². The van der Waals surface area contributed by atoms with Gasteiger partial charge in [0.1, 0.15) is 0 Å². The fourth-order valence-corrected chi connectivity index (χ4v) is 1.87. The highest BCUT2D eigenvalue weighted by Crippen LogP contribution is 2.30. The van der Waals surface area contributed by atoms with Gasteiger partial charge in [-0.05, 0) is 18.9 Å². The largest absolute Gasteiger partial charge is 0.412 e. The van der Waals surface area contributed by atoms with E-state index in [0.29, 0.717) is 25.6 Å². The zero-order valence-corrected chi connectivity index (χ0v) is 9.56. The number of nitrogens with two attached hydrogens (primary N) is 1. The number of rotatable bonds is 4. The molecule has 0 amide bonds. The summed E-state index contributed by atoms with van der Waals surface area (Å²) in [4.78, 5) is 2.04. The molecule has 2 N–H and O–H groups in total. The summed E-state index contributed by atoms with van der Waals surface area (Å²) in [5.74, 6) is 0.390. The van der Waals surface area contributed by atoms with Gasteiger partial charge in [-0.3, -0.25) is 4.90 Å². The van der Waals surface area contributed by atoms with Crippen molar-refractivity contribution in [2.24, 2.45) is 11.7 Å². The first kappa shape index (κ1) is 13.5. The van der Waals surface area contributed by atoms with Crippen LogP contribution in [-0.2, 0) is 0 Å². The van der Waals surface area contributed by atoms with E-state index in [4.69, 9.17) is 5.73 Å². The molecule has 0 aliphatic carbocycles. The molecule has 1 atom stereocenters. The zero-order valence-electron chi connectivity index (χ0n) is 9.56. The molecule has 0 bridgehead atoms. The smallest absolute Gasteiger partial charge is 0.330 e. The van der Waals surface area contributed by atoms with E-state index in [1.165, 1.54) is 6.08 Å². The predicted octanol–water partition coefficient (Wildman–Crippen LogP) is 2.17. The number of alkyl halides is 3. The molecule has 1 aliphatic rings. The van der Waals surface area contributed by atoms with Crippen LogP contribution in [-0.4, -0.2) is 37.3 Å². The Kier molecular flexibility index (Phi) is 4.80. The minimum Gasteiger partial charge on any atom is -0.330 e. The van der Waals surface area contributed by atoms with Gasteiger partial charge < -0.3 is 5.73 Å². The maximum Gasteiger partial charge on any atom is 0.412 e. The SMILES string of the molecule is CCC(CN)CN1CC=C(C(F)(F)F)CC1. The van der Waals surface area contributed by atoms with Crippen molar-refractivity contribution >= 4 is 0 Å². The monoisotopic (exact) mass is 236 g/mol. The Balaban J connectivity index is 2.45. The topological polar surface area (TPSA) is 29.3 Å². The highest BCUT2D eigenvalue weighted by Gasteiger charge is 2.34. The van der Waals surface area contributed by atoms with Gasteiger partial charge in [0.15, 0.2) is 0 Å².